The molecule has 0 aliphatic heterocycles. The van der Waals surface area contributed by atoms with Crippen LogP contribution >= 0.6 is 11.6 Å². The van der Waals surface area contributed by atoms with Crippen LogP contribution in [-0.2, 0) is 14.4 Å². The highest BCUT2D eigenvalue weighted by molar-refractivity contribution is 6.30. The quantitative estimate of drug-likeness (QED) is 0.815. The second-order valence-electron chi connectivity index (χ2n) is 5.63. The van der Waals surface area contributed by atoms with E-state index in [0.29, 0.717) is 10.7 Å². The Morgan fingerprint density at radius 3 is 2.09 bits per heavy atom. The Labute approximate surface area is 134 Å². The number of hydrogen-bond acceptors (Lipinski definition) is 3. The van der Waals surface area contributed by atoms with Gasteiger partial charge in [0.15, 0.2) is 5.78 Å². The summed E-state index contributed by atoms with van der Waals surface area (Å²) in [7, 11) is 0. The van der Waals surface area contributed by atoms with Gasteiger partial charge in [0.25, 0.3) is 0 Å². The van der Waals surface area contributed by atoms with E-state index in [2.05, 4.69) is 0 Å². The van der Waals surface area contributed by atoms with Crippen LogP contribution in [0.25, 0.3) is 0 Å². The van der Waals surface area contributed by atoms with Crippen molar-refractivity contribution < 1.29 is 19.5 Å². The van der Waals surface area contributed by atoms with Gasteiger partial charge in [-0.25, -0.2) is 0 Å². The number of carboxylic acid groups (broad SMARTS) is 1. The van der Waals surface area contributed by atoms with Gasteiger partial charge in [-0.15, -0.1) is 0 Å². The van der Waals surface area contributed by atoms with E-state index in [1.54, 1.807) is 45.0 Å². The molecule has 0 spiro atoms. The number of carbonyl (C=O) groups excluding carboxylic acids is 2. The number of hydrogen-bond donors (Lipinski definition) is 1. The molecule has 1 N–H and O–H groups in total. The van der Waals surface area contributed by atoms with Crippen LogP contribution in [0.5, 0.6) is 0 Å². The molecule has 120 valence electrons. The Bertz CT molecular complexity index is 582. The molecule has 0 heterocycles. The summed E-state index contributed by atoms with van der Waals surface area (Å²) in [5.74, 6) is -2.33. The van der Waals surface area contributed by atoms with Crippen molar-refractivity contribution in [3.8, 4) is 0 Å². The van der Waals surface area contributed by atoms with Gasteiger partial charge in [-0.1, -0.05) is 25.4 Å². The molecule has 0 fully saturated rings. The summed E-state index contributed by atoms with van der Waals surface area (Å²) >= 11 is 5.86. The molecule has 1 aromatic carbocycles. The van der Waals surface area contributed by atoms with E-state index < -0.39 is 23.7 Å². The fourth-order valence-electron chi connectivity index (χ4n) is 2.39. The van der Waals surface area contributed by atoms with Crippen molar-refractivity contribution in [2.45, 2.75) is 39.7 Å². The first-order valence-corrected chi connectivity index (χ1v) is 7.30. The number of ketones is 1. The molecule has 22 heavy (non-hydrogen) atoms. The van der Waals surface area contributed by atoms with Gasteiger partial charge < -0.3 is 5.11 Å². The Morgan fingerprint density at radius 2 is 1.73 bits per heavy atom. The Balaban J connectivity index is 3.40. The second kappa shape index (κ2) is 6.92. The molecule has 0 aromatic heterocycles. The lowest BCUT2D eigenvalue weighted by molar-refractivity contribution is -0.142. The minimum Gasteiger partial charge on any atom is -0.481 e. The van der Waals surface area contributed by atoms with E-state index >= 15 is 0 Å². The Hall–Kier alpha value is -1.88. The number of anilines is 1. The van der Waals surface area contributed by atoms with Crippen molar-refractivity contribution in [1.82, 2.24) is 0 Å². The van der Waals surface area contributed by atoms with Gasteiger partial charge in [-0.3, -0.25) is 19.3 Å². The third-order valence-corrected chi connectivity index (χ3v) is 4.12. The van der Waals surface area contributed by atoms with Gasteiger partial charge in [0.2, 0.25) is 5.91 Å². The van der Waals surface area contributed by atoms with E-state index in [0.717, 1.165) is 0 Å². The third kappa shape index (κ3) is 3.65. The van der Waals surface area contributed by atoms with Gasteiger partial charge in [0.05, 0.1) is 0 Å². The SMILES string of the molecule is CC(=O)N(c1ccc(Cl)cc1)C(C)(C(=O)CC(=O)O)C(C)C. The van der Waals surface area contributed by atoms with Crippen LogP contribution in [0, 0.1) is 5.92 Å². The molecule has 0 saturated heterocycles. The van der Waals surface area contributed by atoms with Crippen molar-refractivity contribution in [1.29, 1.82) is 0 Å². The lowest BCUT2D eigenvalue weighted by atomic mass is 9.80. The highest BCUT2D eigenvalue weighted by Gasteiger charge is 2.44. The number of Topliss-reactive ketones (excluding diaryl/α,β-unsaturated/α-hetero) is 1. The average molecular weight is 326 g/mol. The monoisotopic (exact) mass is 325 g/mol. The lowest BCUT2D eigenvalue weighted by Crippen LogP contribution is -2.58. The summed E-state index contributed by atoms with van der Waals surface area (Å²) in [6, 6.07) is 6.52. The van der Waals surface area contributed by atoms with Crippen LogP contribution in [0.3, 0.4) is 0 Å². The zero-order valence-electron chi connectivity index (χ0n) is 13.1. The summed E-state index contributed by atoms with van der Waals surface area (Å²) in [4.78, 5) is 36.9. The molecule has 1 rings (SSSR count). The van der Waals surface area contributed by atoms with Gasteiger partial charge in [-0.05, 0) is 37.1 Å². The summed E-state index contributed by atoms with van der Waals surface area (Å²) in [5, 5.41) is 9.42. The van der Waals surface area contributed by atoms with Gasteiger partial charge in [-0.2, -0.15) is 0 Å². The summed E-state index contributed by atoms with van der Waals surface area (Å²) in [6.07, 6.45) is -0.633. The van der Waals surface area contributed by atoms with Crippen molar-refractivity contribution >= 4 is 34.9 Å². The molecular weight excluding hydrogens is 306 g/mol. The normalized spacial score (nSPS) is 13.5. The van der Waals surface area contributed by atoms with Gasteiger partial charge >= 0.3 is 5.97 Å². The van der Waals surface area contributed by atoms with E-state index in [9.17, 15) is 14.4 Å². The van der Waals surface area contributed by atoms with Crippen LogP contribution < -0.4 is 4.90 Å². The molecule has 1 atom stereocenters. The standard InChI is InChI=1S/C16H20ClNO4/c1-10(2)16(4,14(20)9-15(21)22)18(11(3)19)13-7-5-12(17)6-8-13/h5-8,10H,9H2,1-4H3,(H,21,22). The first kappa shape index (κ1) is 18.2. The van der Waals surface area contributed by atoms with E-state index in [1.165, 1.54) is 11.8 Å². The molecule has 1 aromatic rings. The predicted octanol–water partition coefficient (Wildman–Crippen LogP) is 3.15. The maximum atomic E-state index is 12.5. The fraction of sp³-hybridized carbons (Fsp3) is 0.438. The molecule has 1 amide bonds. The van der Waals surface area contributed by atoms with Gasteiger partial charge in [0.1, 0.15) is 12.0 Å². The summed E-state index contributed by atoms with van der Waals surface area (Å²) in [6.45, 7) is 6.51. The van der Waals surface area contributed by atoms with Crippen molar-refractivity contribution in [2.75, 3.05) is 4.90 Å². The lowest BCUT2D eigenvalue weighted by Gasteiger charge is -2.42. The predicted molar refractivity (Wildman–Crippen MR) is 85.1 cm³/mol. The van der Waals surface area contributed by atoms with Crippen molar-refractivity contribution in [3.63, 3.8) is 0 Å². The van der Waals surface area contributed by atoms with E-state index in [1.807, 2.05) is 0 Å². The Morgan fingerprint density at radius 1 is 1.23 bits per heavy atom. The zero-order valence-corrected chi connectivity index (χ0v) is 13.8. The van der Waals surface area contributed by atoms with Crippen LogP contribution in [0.1, 0.15) is 34.1 Å². The molecule has 0 bridgehead atoms. The van der Waals surface area contributed by atoms with Crippen LogP contribution in [-0.4, -0.2) is 28.3 Å². The number of aliphatic carboxylic acids is 1. The number of amides is 1. The number of nitrogens with zero attached hydrogens (tertiary/aromatic N) is 1. The number of benzene rings is 1. The third-order valence-electron chi connectivity index (χ3n) is 3.86. The van der Waals surface area contributed by atoms with Crippen molar-refractivity contribution in [3.05, 3.63) is 29.3 Å². The van der Waals surface area contributed by atoms with Crippen LogP contribution in [0.15, 0.2) is 24.3 Å². The topological polar surface area (TPSA) is 74.7 Å². The van der Waals surface area contributed by atoms with Gasteiger partial charge in [0, 0.05) is 17.6 Å². The molecule has 1 unspecified atom stereocenters. The van der Waals surface area contributed by atoms with Crippen molar-refractivity contribution in [2.24, 2.45) is 5.92 Å². The van der Waals surface area contributed by atoms with E-state index in [4.69, 9.17) is 16.7 Å². The molecule has 0 aliphatic rings. The highest BCUT2D eigenvalue weighted by Crippen LogP contribution is 2.33. The Kier molecular flexibility index (Phi) is 5.72. The molecule has 0 radical (unpaired) electrons. The highest BCUT2D eigenvalue weighted by atomic mass is 35.5. The minimum atomic E-state index is -1.25. The summed E-state index contributed by atoms with van der Waals surface area (Å²) in [5.41, 5.74) is -0.746. The van der Waals surface area contributed by atoms with Crippen LogP contribution in [0.4, 0.5) is 5.69 Å². The fourth-order valence-corrected chi connectivity index (χ4v) is 2.51. The first-order valence-electron chi connectivity index (χ1n) is 6.92. The zero-order chi connectivity index (χ0) is 17.1. The number of rotatable bonds is 6. The second-order valence-corrected chi connectivity index (χ2v) is 6.06. The average Bonchev–Trinajstić information content (AvgIpc) is 2.39. The first-order chi connectivity index (χ1) is 10.1. The van der Waals surface area contributed by atoms with Crippen LogP contribution in [0.2, 0.25) is 5.02 Å². The smallest absolute Gasteiger partial charge is 0.310 e. The molecule has 5 nitrogen and oxygen atoms in total. The maximum absolute atomic E-state index is 12.5. The number of halogens is 1. The molecule has 0 aliphatic carbocycles. The maximum Gasteiger partial charge on any atom is 0.310 e. The molecule has 6 heteroatoms. The number of carboxylic acids is 1. The largest absolute Gasteiger partial charge is 0.481 e. The summed E-state index contributed by atoms with van der Waals surface area (Å²) < 4.78 is 0. The van der Waals surface area contributed by atoms with E-state index in [-0.39, 0.29) is 11.8 Å². The molecular formula is C16H20ClNO4. The minimum absolute atomic E-state index is 0.265. The number of carbonyl (C=O) groups is 3. The molecule has 0 saturated carbocycles.